The van der Waals surface area contributed by atoms with Crippen molar-refractivity contribution in [3.63, 3.8) is 0 Å². The van der Waals surface area contributed by atoms with Gasteiger partial charge in [-0.1, -0.05) is 29.8 Å². The van der Waals surface area contributed by atoms with Gasteiger partial charge in [0.1, 0.15) is 28.7 Å². The Morgan fingerprint density at radius 2 is 1.85 bits per heavy atom. The molecule has 4 aromatic rings. The second kappa shape index (κ2) is 10.3. The number of nitrogens with zero attached hydrogens (tertiary/aromatic N) is 4. The second-order valence-corrected chi connectivity index (χ2v) is 8.64. The van der Waals surface area contributed by atoms with Gasteiger partial charge in [-0.15, -0.1) is 0 Å². The molecule has 0 atom stereocenters. The summed E-state index contributed by atoms with van der Waals surface area (Å²) in [7, 11) is -2.27. The molecule has 0 saturated heterocycles. The number of nitrogens with two attached hydrogens (primary N) is 1. The quantitative estimate of drug-likeness (QED) is 0.262. The van der Waals surface area contributed by atoms with Crippen molar-refractivity contribution in [1.82, 2.24) is 9.78 Å². The largest absolute Gasteiger partial charge is 0.744 e. The number of anilines is 1. The van der Waals surface area contributed by atoms with Crippen LogP contribution in [-0.4, -0.2) is 40.7 Å². The number of hydrogen-bond acceptors (Lipinski definition) is 7. The Morgan fingerprint density at radius 3 is 2.52 bits per heavy atom. The van der Waals surface area contributed by atoms with E-state index in [1.54, 1.807) is 24.5 Å². The molecule has 3 N–H and O–H groups in total. The lowest BCUT2D eigenvalue weighted by Gasteiger charge is -2.05. The Labute approximate surface area is 192 Å². The topological polar surface area (TPSA) is 138 Å². The van der Waals surface area contributed by atoms with Gasteiger partial charge in [0, 0.05) is 17.5 Å². The lowest BCUT2D eigenvalue weighted by molar-refractivity contribution is -0.645. The number of rotatable bonds is 5. The van der Waals surface area contributed by atoms with Gasteiger partial charge in [-0.05, 0) is 31.2 Å². The van der Waals surface area contributed by atoms with Crippen LogP contribution in [-0.2, 0) is 23.7 Å². The molecule has 33 heavy (non-hydrogen) atoms. The maximum absolute atomic E-state index is 10.4. The highest BCUT2D eigenvalue weighted by Crippen LogP contribution is 2.20. The third-order valence-electron chi connectivity index (χ3n) is 4.94. The van der Waals surface area contributed by atoms with Crippen LogP contribution in [0, 0.1) is 6.92 Å². The van der Waals surface area contributed by atoms with E-state index < -0.39 is 10.1 Å². The van der Waals surface area contributed by atoms with Crippen molar-refractivity contribution in [1.29, 1.82) is 0 Å². The molecule has 4 rings (SSSR count). The zero-order chi connectivity index (χ0) is 24.0. The summed E-state index contributed by atoms with van der Waals surface area (Å²) >= 11 is 0. The van der Waals surface area contributed by atoms with Gasteiger partial charge in [0.05, 0.1) is 30.5 Å². The molecule has 10 heteroatoms. The molecule has 2 aromatic carbocycles. The van der Waals surface area contributed by atoms with Gasteiger partial charge in [0.15, 0.2) is 0 Å². The first-order valence-electron chi connectivity index (χ1n) is 10.1. The molecule has 0 bridgehead atoms. The number of aliphatic hydroxyl groups is 1. The van der Waals surface area contributed by atoms with Gasteiger partial charge in [-0.2, -0.15) is 9.67 Å². The summed E-state index contributed by atoms with van der Waals surface area (Å²) in [6.07, 6.45) is 3.37. The fourth-order valence-electron chi connectivity index (χ4n) is 3.09. The van der Waals surface area contributed by atoms with Crippen LogP contribution in [0.3, 0.4) is 0 Å². The number of aliphatic imine (C=N–C) groups is 1. The van der Waals surface area contributed by atoms with Crippen molar-refractivity contribution in [2.75, 3.05) is 12.3 Å². The van der Waals surface area contributed by atoms with Crippen LogP contribution >= 0.6 is 0 Å². The predicted molar refractivity (Wildman–Crippen MR) is 125 cm³/mol. The molecule has 9 nitrogen and oxygen atoms in total. The molecule has 0 aliphatic rings. The number of hydrogen-bond donors (Lipinski definition) is 2. The number of aryl methyl sites for hydroxylation is 2. The highest BCUT2D eigenvalue weighted by molar-refractivity contribution is 7.85. The number of aliphatic hydroxyl groups excluding tert-OH is 1. The van der Waals surface area contributed by atoms with E-state index in [1.165, 1.54) is 22.2 Å². The smallest absolute Gasteiger partial charge is 0.223 e. The van der Waals surface area contributed by atoms with E-state index in [1.807, 2.05) is 32.2 Å². The maximum Gasteiger partial charge on any atom is 0.223 e. The van der Waals surface area contributed by atoms with Crippen molar-refractivity contribution < 1.29 is 22.6 Å². The van der Waals surface area contributed by atoms with Gasteiger partial charge in [-0.25, -0.2) is 18.1 Å². The summed E-state index contributed by atoms with van der Waals surface area (Å²) in [5.41, 5.74) is 9.58. The van der Waals surface area contributed by atoms with E-state index in [4.69, 9.17) is 10.8 Å². The van der Waals surface area contributed by atoms with Gasteiger partial charge >= 0.3 is 0 Å². The highest BCUT2D eigenvalue weighted by Gasteiger charge is 2.10. The third-order valence-corrected chi connectivity index (χ3v) is 5.79. The van der Waals surface area contributed by atoms with Crippen molar-refractivity contribution >= 4 is 38.7 Å². The van der Waals surface area contributed by atoms with Gasteiger partial charge in [0.2, 0.25) is 11.2 Å². The van der Waals surface area contributed by atoms with Crippen molar-refractivity contribution in [2.24, 2.45) is 12.0 Å². The summed E-state index contributed by atoms with van der Waals surface area (Å²) in [4.78, 5) is 4.23. The molecular formula is C23H25N5O4S. The standard InChI is InChI=1S/C16H17N5O.C7H8O3S/c1-20-13(7-6-12-4-2-3-5-15(12)20)10-18-14-11-19-21(8-9-22)16(14)17;1-6-2-4-7(5-3-6)11(8,9)10/h2-7,10-11,17,22H,8-9H2,1H3;2-5H,1H3,(H,8,9,10). The summed E-state index contributed by atoms with van der Waals surface area (Å²) in [6.45, 7) is 2.18. The van der Waals surface area contributed by atoms with E-state index in [9.17, 15) is 13.0 Å². The molecule has 0 amide bonds. The van der Waals surface area contributed by atoms with Crippen LogP contribution in [0.1, 0.15) is 11.3 Å². The number of aromatic nitrogens is 3. The monoisotopic (exact) mass is 467 g/mol. The number of nitrogen functional groups attached to an aromatic ring is 1. The van der Waals surface area contributed by atoms with Crippen LogP contribution in [0.5, 0.6) is 0 Å². The minimum Gasteiger partial charge on any atom is -0.744 e. The third kappa shape index (κ3) is 6.01. The van der Waals surface area contributed by atoms with Crippen LogP contribution in [0.2, 0.25) is 0 Å². The van der Waals surface area contributed by atoms with Crippen LogP contribution < -0.4 is 10.3 Å². The van der Waals surface area contributed by atoms with E-state index >= 15 is 0 Å². The predicted octanol–water partition coefficient (Wildman–Crippen LogP) is 2.09. The zero-order valence-electron chi connectivity index (χ0n) is 18.3. The van der Waals surface area contributed by atoms with Gasteiger partial charge in [0.25, 0.3) is 0 Å². The van der Waals surface area contributed by atoms with E-state index in [2.05, 4.69) is 32.9 Å². The first kappa shape index (κ1) is 24.1. The minimum absolute atomic E-state index is 0.00529. The van der Waals surface area contributed by atoms with Gasteiger partial charge in [-0.3, -0.25) is 0 Å². The maximum atomic E-state index is 10.4. The molecule has 0 unspecified atom stereocenters. The molecule has 0 radical (unpaired) electrons. The van der Waals surface area contributed by atoms with Crippen molar-refractivity contribution in [2.45, 2.75) is 18.4 Å². The second-order valence-electron chi connectivity index (χ2n) is 7.26. The molecule has 172 valence electrons. The van der Waals surface area contributed by atoms with Crippen LogP contribution in [0.4, 0.5) is 11.5 Å². The van der Waals surface area contributed by atoms with E-state index in [0.29, 0.717) is 18.1 Å². The van der Waals surface area contributed by atoms with E-state index in [-0.39, 0.29) is 11.5 Å². The average Bonchev–Trinajstić information content (AvgIpc) is 3.13. The number of fused-ring (bicyclic) bond motifs is 1. The van der Waals surface area contributed by atoms with E-state index in [0.717, 1.165) is 16.8 Å². The van der Waals surface area contributed by atoms with Crippen LogP contribution in [0.25, 0.3) is 10.9 Å². The Hall–Kier alpha value is -3.60. The SMILES string of the molecule is C[n+]1c(C=Nc2cnn(CCO)c2N)ccc2ccccc21.Cc1ccc(S(=O)(=O)[O-])cc1. The Morgan fingerprint density at radius 1 is 1.15 bits per heavy atom. The molecule has 2 aromatic heterocycles. The number of para-hydroxylation sites is 1. The van der Waals surface area contributed by atoms with Crippen LogP contribution in [0.15, 0.2) is 76.7 Å². The Bertz CT molecular complexity index is 1380. The normalized spacial score (nSPS) is 11.5. The fourth-order valence-corrected chi connectivity index (χ4v) is 3.56. The summed E-state index contributed by atoms with van der Waals surface area (Å²) < 4.78 is 34.8. The summed E-state index contributed by atoms with van der Waals surface area (Å²) in [5.74, 6) is 0.453. The molecular weight excluding hydrogens is 442 g/mol. The minimum atomic E-state index is -4.27. The summed E-state index contributed by atoms with van der Waals surface area (Å²) in [5, 5.41) is 14.2. The van der Waals surface area contributed by atoms with Crippen molar-refractivity contribution in [3.8, 4) is 0 Å². The molecule has 2 heterocycles. The average molecular weight is 468 g/mol. The molecule has 0 saturated carbocycles. The lowest BCUT2D eigenvalue weighted by atomic mass is 10.2. The van der Waals surface area contributed by atoms with Crippen molar-refractivity contribution in [3.05, 3.63) is 78.1 Å². The Balaban J connectivity index is 0.000000235. The first-order chi connectivity index (χ1) is 15.7. The molecule has 0 aliphatic heterocycles. The Kier molecular flexibility index (Phi) is 7.54. The molecule has 0 aliphatic carbocycles. The number of pyridine rings is 1. The zero-order valence-corrected chi connectivity index (χ0v) is 19.1. The summed E-state index contributed by atoms with van der Waals surface area (Å²) in [6, 6.07) is 18.0. The fraction of sp³-hybridized carbons (Fsp3) is 0.174. The first-order valence-corrected chi connectivity index (χ1v) is 11.5. The number of benzene rings is 2. The molecule has 0 spiro atoms. The lowest BCUT2D eigenvalue weighted by Crippen LogP contribution is -2.34. The van der Waals surface area contributed by atoms with Gasteiger partial charge < -0.3 is 15.4 Å². The molecule has 0 fully saturated rings. The highest BCUT2D eigenvalue weighted by atomic mass is 32.2.